The van der Waals surface area contributed by atoms with Gasteiger partial charge in [-0.05, 0) is 69.6 Å². The summed E-state index contributed by atoms with van der Waals surface area (Å²) >= 11 is 6.56. The third-order valence-corrected chi connectivity index (χ3v) is 7.44. The van der Waals surface area contributed by atoms with Gasteiger partial charge in [0.05, 0.1) is 33.0 Å². The number of rotatable bonds is 14. The third kappa shape index (κ3) is 10.6. The summed E-state index contributed by atoms with van der Waals surface area (Å²) < 4.78 is 39.6. The van der Waals surface area contributed by atoms with Crippen LogP contribution in [0.25, 0.3) is 0 Å². The summed E-state index contributed by atoms with van der Waals surface area (Å²) in [6.07, 6.45) is 7.17. The fourth-order valence-corrected chi connectivity index (χ4v) is 5.33. The molecule has 2 saturated heterocycles. The first kappa shape index (κ1) is 32.9. The molecule has 4 atom stereocenters. The Hall–Kier alpha value is -2.59. The number of hydrogen-bond acceptors (Lipinski definition) is 9. The number of carbonyl (C=O) groups is 2. The van der Waals surface area contributed by atoms with Gasteiger partial charge >= 0.3 is 11.9 Å². The number of ether oxygens (including phenoxy) is 7. The normalized spacial score (nSPS) is 23.6. The molecule has 1 aromatic rings. The second-order valence-corrected chi connectivity index (χ2v) is 11.3. The molecule has 0 unspecified atom stereocenters. The average Bonchev–Trinajstić information content (AvgIpc) is 3.50. The van der Waals surface area contributed by atoms with Crippen LogP contribution in [0.2, 0.25) is 0 Å². The lowest BCUT2D eigenvalue weighted by atomic mass is 9.88. The number of esters is 2. The van der Waals surface area contributed by atoms with Crippen LogP contribution in [-0.4, -0.2) is 70.1 Å². The van der Waals surface area contributed by atoms with Crippen molar-refractivity contribution in [1.29, 1.82) is 0 Å². The Kier molecular flexibility index (Phi) is 12.5. The summed E-state index contributed by atoms with van der Waals surface area (Å²) in [5, 5.41) is 0.714. The highest BCUT2D eigenvalue weighted by atomic mass is 35.5. The summed E-state index contributed by atoms with van der Waals surface area (Å²) in [6, 6.07) is 6.01. The minimum Gasteiger partial charge on any atom is -0.493 e. The minimum absolute atomic E-state index is 0.0265. The molecule has 0 N–H and O–H groups in total. The summed E-state index contributed by atoms with van der Waals surface area (Å²) in [5.41, 5.74) is 1.83. The molecule has 1 aromatic carbocycles. The molecule has 41 heavy (non-hydrogen) atoms. The van der Waals surface area contributed by atoms with Crippen LogP contribution in [0.5, 0.6) is 11.5 Å². The van der Waals surface area contributed by atoms with Gasteiger partial charge in [0.25, 0.3) is 0 Å². The van der Waals surface area contributed by atoms with Crippen molar-refractivity contribution in [3.63, 3.8) is 0 Å². The van der Waals surface area contributed by atoms with Crippen molar-refractivity contribution < 1.29 is 42.7 Å². The molecule has 0 amide bonds. The molecule has 3 rings (SSSR count). The third-order valence-electron chi connectivity index (χ3n) is 7.10. The van der Waals surface area contributed by atoms with Gasteiger partial charge in [0.1, 0.15) is 19.3 Å². The fourth-order valence-electron chi connectivity index (χ4n) is 5.13. The summed E-state index contributed by atoms with van der Waals surface area (Å²) in [7, 11) is 3.27. The summed E-state index contributed by atoms with van der Waals surface area (Å²) in [5.74, 6) is 0.201. The second-order valence-electron chi connectivity index (χ2n) is 10.8. The van der Waals surface area contributed by atoms with E-state index in [1.54, 1.807) is 14.2 Å². The molecule has 10 heteroatoms. The van der Waals surface area contributed by atoms with Gasteiger partial charge < -0.3 is 33.2 Å². The van der Waals surface area contributed by atoms with Crippen molar-refractivity contribution in [1.82, 2.24) is 0 Å². The van der Waals surface area contributed by atoms with Gasteiger partial charge in [-0.1, -0.05) is 29.8 Å². The molecule has 9 nitrogen and oxygen atoms in total. The molecule has 2 fully saturated rings. The number of methoxy groups -OCH3 is 2. The highest BCUT2D eigenvalue weighted by molar-refractivity contribution is 6.29. The second kappa shape index (κ2) is 15.6. The first-order valence-corrected chi connectivity index (χ1v) is 14.3. The molecular formula is C31H43ClO9. The summed E-state index contributed by atoms with van der Waals surface area (Å²) in [4.78, 5) is 22.3. The van der Waals surface area contributed by atoms with E-state index in [1.165, 1.54) is 13.8 Å². The molecular weight excluding hydrogens is 552 g/mol. The minimum atomic E-state index is -0.636. The standard InChI is InChI=1S/C31H43ClO9/c1-20(33)37-17-23(18-38-21(2)34)8-7-9-25(32)11-12-26-16-24(30(40-26)29-19-39-31(3,4)41-29)14-22-10-13-27(35-5)28(15-22)36-6/h8-10,13,15,24,26,29-30H,7,11-12,14,16-19H2,1-6H3/b25-9-/t24-,26-,29-,30+/m1/s1. The molecule has 2 aliphatic heterocycles. The quantitative estimate of drug-likeness (QED) is 0.204. The van der Waals surface area contributed by atoms with Crippen molar-refractivity contribution in [3.05, 3.63) is 46.5 Å². The van der Waals surface area contributed by atoms with Gasteiger partial charge in [-0.25, -0.2) is 0 Å². The van der Waals surface area contributed by atoms with Crippen molar-refractivity contribution in [2.45, 2.75) is 83.9 Å². The molecule has 0 radical (unpaired) electrons. The molecule has 228 valence electrons. The lowest BCUT2D eigenvalue weighted by molar-refractivity contribution is -0.158. The van der Waals surface area contributed by atoms with Gasteiger partial charge in [0.15, 0.2) is 17.3 Å². The topological polar surface area (TPSA) is 98.8 Å². The Balaban J connectivity index is 1.62. The average molecular weight is 595 g/mol. The van der Waals surface area contributed by atoms with Crippen LogP contribution in [0.1, 0.15) is 58.9 Å². The molecule has 0 spiro atoms. The lowest BCUT2D eigenvalue weighted by Crippen LogP contribution is -2.35. The Morgan fingerprint density at radius 2 is 1.73 bits per heavy atom. The molecule has 0 bridgehead atoms. The zero-order valence-corrected chi connectivity index (χ0v) is 25.7. The van der Waals surface area contributed by atoms with Crippen LogP contribution in [0.4, 0.5) is 0 Å². The monoisotopic (exact) mass is 594 g/mol. The SMILES string of the molecule is COc1ccc(C[C@@H]2C[C@@H](CC/C(Cl)=C/CC=C(COC(C)=O)COC(C)=O)O[C@@H]2[C@H]2COC(C)(C)O2)cc1OC. The van der Waals surface area contributed by atoms with Crippen LogP contribution >= 0.6 is 11.6 Å². The number of hydrogen-bond donors (Lipinski definition) is 0. The van der Waals surface area contributed by atoms with Gasteiger partial charge in [-0.3, -0.25) is 9.59 Å². The van der Waals surface area contributed by atoms with Gasteiger partial charge in [0, 0.05) is 24.5 Å². The Labute approximate surface area is 248 Å². The van der Waals surface area contributed by atoms with E-state index in [0.29, 0.717) is 41.6 Å². The Morgan fingerprint density at radius 3 is 2.32 bits per heavy atom. The maximum absolute atomic E-state index is 11.2. The van der Waals surface area contributed by atoms with E-state index in [1.807, 2.05) is 38.1 Å². The first-order valence-electron chi connectivity index (χ1n) is 14.0. The van der Waals surface area contributed by atoms with E-state index >= 15 is 0 Å². The maximum Gasteiger partial charge on any atom is 0.302 e. The predicted octanol–water partition coefficient (Wildman–Crippen LogP) is 5.52. The molecule has 2 aliphatic rings. The largest absolute Gasteiger partial charge is 0.493 e. The van der Waals surface area contributed by atoms with E-state index in [4.69, 9.17) is 44.8 Å². The van der Waals surface area contributed by atoms with Crippen LogP contribution < -0.4 is 9.47 Å². The van der Waals surface area contributed by atoms with Crippen molar-refractivity contribution in [3.8, 4) is 11.5 Å². The van der Waals surface area contributed by atoms with Crippen LogP contribution in [0.15, 0.2) is 41.0 Å². The molecule has 2 heterocycles. The maximum atomic E-state index is 11.2. The van der Waals surface area contributed by atoms with E-state index < -0.39 is 17.7 Å². The van der Waals surface area contributed by atoms with Crippen LogP contribution in [-0.2, 0) is 39.7 Å². The highest BCUT2D eigenvalue weighted by Gasteiger charge is 2.46. The zero-order chi connectivity index (χ0) is 30.0. The molecule has 0 aromatic heterocycles. The van der Waals surface area contributed by atoms with E-state index in [2.05, 4.69) is 6.07 Å². The molecule has 0 saturated carbocycles. The van der Waals surface area contributed by atoms with Crippen molar-refractivity contribution in [2.24, 2.45) is 5.92 Å². The Bertz CT molecular complexity index is 1080. The fraction of sp³-hybridized carbons (Fsp3) is 0.613. The highest BCUT2D eigenvalue weighted by Crippen LogP contribution is 2.39. The van der Waals surface area contributed by atoms with Gasteiger partial charge in [-0.15, -0.1) is 0 Å². The molecule has 0 aliphatic carbocycles. The number of allylic oxidation sites excluding steroid dienone is 3. The Morgan fingerprint density at radius 1 is 1.05 bits per heavy atom. The van der Waals surface area contributed by atoms with E-state index in [-0.39, 0.29) is 37.4 Å². The van der Waals surface area contributed by atoms with Gasteiger partial charge in [-0.2, -0.15) is 0 Å². The number of carbonyl (C=O) groups excluding carboxylic acids is 2. The smallest absolute Gasteiger partial charge is 0.302 e. The zero-order valence-electron chi connectivity index (χ0n) is 24.9. The van der Waals surface area contributed by atoms with E-state index in [0.717, 1.165) is 24.8 Å². The van der Waals surface area contributed by atoms with Crippen molar-refractivity contribution >= 4 is 23.5 Å². The number of halogens is 1. The number of benzene rings is 1. The van der Waals surface area contributed by atoms with Crippen LogP contribution in [0, 0.1) is 5.92 Å². The van der Waals surface area contributed by atoms with Crippen molar-refractivity contribution in [2.75, 3.05) is 34.0 Å². The van der Waals surface area contributed by atoms with Gasteiger partial charge in [0.2, 0.25) is 0 Å². The van der Waals surface area contributed by atoms with E-state index in [9.17, 15) is 9.59 Å². The predicted molar refractivity (Wildman–Crippen MR) is 154 cm³/mol. The van der Waals surface area contributed by atoms with Crippen LogP contribution in [0.3, 0.4) is 0 Å². The lowest BCUT2D eigenvalue weighted by Gasteiger charge is -2.25. The first-order chi connectivity index (χ1) is 19.5. The summed E-state index contributed by atoms with van der Waals surface area (Å²) in [6.45, 7) is 7.13.